The number of carbonyl (C=O) groups is 1. The average Bonchev–Trinajstić information content (AvgIpc) is 3.07. The van der Waals surface area contributed by atoms with E-state index in [0.717, 1.165) is 58.8 Å². The van der Waals surface area contributed by atoms with Crippen molar-refractivity contribution < 1.29 is 14.3 Å². The zero-order valence-corrected chi connectivity index (χ0v) is 15.5. The summed E-state index contributed by atoms with van der Waals surface area (Å²) in [6, 6.07) is 0. The number of likely N-dealkylation sites (tertiary alicyclic amines) is 1. The minimum absolute atomic E-state index is 0.252. The Labute approximate surface area is 145 Å². The van der Waals surface area contributed by atoms with Crippen molar-refractivity contribution in [3.05, 3.63) is 0 Å². The lowest BCUT2D eigenvalue weighted by Crippen LogP contribution is -2.44. The first-order chi connectivity index (χ1) is 11.2. The standard InChI is InChI=1S/C17H32N2O3S/c1-21-11-9-18-7-5-15(6-8-18)12-19(17(20)14-23-2)13-16-4-3-10-22-16/h15-16H,3-14H2,1-2H3/t16-/m1/s1. The third-order valence-electron chi connectivity index (χ3n) is 4.87. The van der Waals surface area contributed by atoms with Crippen LogP contribution in [-0.4, -0.2) is 86.9 Å². The number of hydrogen-bond acceptors (Lipinski definition) is 5. The third-order valence-corrected chi connectivity index (χ3v) is 5.40. The van der Waals surface area contributed by atoms with Crippen molar-refractivity contribution >= 4 is 17.7 Å². The van der Waals surface area contributed by atoms with Gasteiger partial charge in [-0.1, -0.05) is 0 Å². The fourth-order valence-corrected chi connectivity index (χ4v) is 3.88. The minimum Gasteiger partial charge on any atom is -0.383 e. The molecule has 2 aliphatic heterocycles. The van der Waals surface area contributed by atoms with Gasteiger partial charge in [-0.2, -0.15) is 11.8 Å². The van der Waals surface area contributed by atoms with Crippen molar-refractivity contribution in [3.8, 4) is 0 Å². The van der Waals surface area contributed by atoms with Crippen molar-refractivity contribution in [1.29, 1.82) is 0 Å². The molecule has 0 aromatic carbocycles. The van der Waals surface area contributed by atoms with Gasteiger partial charge in [-0.25, -0.2) is 0 Å². The van der Waals surface area contributed by atoms with Crippen LogP contribution in [0.15, 0.2) is 0 Å². The molecule has 0 N–H and O–H groups in total. The van der Waals surface area contributed by atoms with Crippen LogP contribution in [0, 0.1) is 5.92 Å². The first kappa shape index (κ1) is 19.0. The minimum atomic E-state index is 0.252. The predicted octanol–water partition coefficient (Wildman–Crippen LogP) is 1.72. The molecule has 0 aliphatic carbocycles. The molecule has 2 heterocycles. The summed E-state index contributed by atoms with van der Waals surface area (Å²) in [6.45, 7) is 6.61. The molecule has 1 atom stereocenters. The highest BCUT2D eigenvalue weighted by Gasteiger charge is 2.26. The van der Waals surface area contributed by atoms with Gasteiger partial charge in [0.1, 0.15) is 0 Å². The Kier molecular flexibility index (Phi) is 8.72. The van der Waals surface area contributed by atoms with Crippen molar-refractivity contribution in [2.45, 2.75) is 31.8 Å². The molecule has 23 heavy (non-hydrogen) atoms. The molecule has 6 heteroatoms. The van der Waals surface area contributed by atoms with Gasteiger partial charge >= 0.3 is 0 Å². The fraction of sp³-hybridized carbons (Fsp3) is 0.941. The average molecular weight is 345 g/mol. The number of amides is 1. The van der Waals surface area contributed by atoms with Gasteiger partial charge in [-0.3, -0.25) is 4.79 Å². The Morgan fingerprint density at radius 3 is 2.70 bits per heavy atom. The normalized spacial score (nSPS) is 23.3. The van der Waals surface area contributed by atoms with Gasteiger partial charge in [-0.15, -0.1) is 0 Å². The molecule has 2 saturated heterocycles. The van der Waals surface area contributed by atoms with Crippen LogP contribution in [0.5, 0.6) is 0 Å². The molecule has 2 rings (SSSR count). The van der Waals surface area contributed by atoms with Gasteiger partial charge in [0.05, 0.1) is 18.5 Å². The Balaban J connectivity index is 1.79. The van der Waals surface area contributed by atoms with Crippen LogP contribution in [0.25, 0.3) is 0 Å². The van der Waals surface area contributed by atoms with Gasteiger partial charge in [0.2, 0.25) is 5.91 Å². The van der Waals surface area contributed by atoms with Crippen molar-refractivity contribution in [2.24, 2.45) is 5.92 Å². The van der Waals surface area contributed by atoms with Gasteiger partial charge in [0.15, 0.2) is 0 Å². The van der Waals surface area contributed by atoms with Crippen LogP contribution in [0.4, 0.5) is 0 Å². The lowest BCUT2D eigenvalue weighted by molar-refractivity contribution is -0.130. The fourth-order valence-electron chi connectivity index (χ4n) is 3.45. The summed E-state index contributed by atoms with van der Waals surface area (Å²) >= 11 is 1.61. The second kappa shape index (κ2) is 10.5. The van der Waals surface area contributed by atoms with Crippen LogP contribution in [0.3, 0.4) is 0 Å². The molecular formula is C17H32N2O3S. The summed E-state index contributed by atoms with van der Waals surface area (Å²) in [4.78, 5) is 17.0. The van der Waals surface area contributed by atoms with Crippen molar-refractivity contribution in [1.82, 2.24) is 9.80 Å². The zero-order valence-electron chi connectivity index (χ0n) is 14.7. The Hall–Kier alpha value is -0.300. The van der Waals surface area contributed by atoms with Crippen LogP contribution in [0.1, 0.15) is 25.7 Å². The summed E-state index contributed by atoms with van der Waals surface area (Å²) in [5, 5.41) is 0. The number of thioether (sulfide) groups is 1. The zero-order chi connectivity index (χ0) is 16.5. The maximum atomic E-state index is 12.4. The Morgan fingerprint density at radius 2 is 2.09 bits per heavy atom. The first-order valence-electron chi connectivity index (χ1n) is 8.82. The summed E-state index contributed by atoms with van der Waals surface area (Å²) in [7, 11) is 1.76. The number of nitrogens with zero attached hydrogens (tertiary/aromatic N) is 2. The molecule has 0 radical (unpaired) electrons. The molecule has 2 aliphatic rings. The highest BCUT2D eigenvalue weighted by atomic mass is 32.2. The predicted molar refractivity (Wildman–Crippen MR) is 95.0 cm³/mol. The van der Waals surface area contributed by atoms with Crippen LogP contribution < -0.4 is 0 Å². The van der Waals surface area contributed by atoms with E-state index in [-0.39, 0.29) is 12.0 Å². The molecule has 0 spiro atoms. The molecule has 5 nitrogen and oxygen atoms in total. The Bertz CT molecular complexity index is 343. The van der Waals surface area contributed by atoms with E-state index in [2.05, 4.69) is 9.80 Å². The van der Waals surface area contributed by atoms with E-state index in [9.17, 15) is 4.79 Å². The topological polar surface area (TPSA) is 42.0 Å². The molecule has 0 bridgehead atoms. The maximum absolute atomic E-state index is 12.4. The van der Waals surface area contributed by atoms with E-state index in [1.54, 1.807) is 18.9 Å². The lowest BCUT2D eigenvalue weighted by Gasteiger charge is -2.35. The van der Waals surface area contributed by atoms with E-state index in [0.29, 0.717) is 11.7 Å². The summed E-state index contributed by atoms with van der Waals surface area (Å²) < 4.78 is 10.9. The van der Waals surface area contributed by atoms with E-state index in [1.807, 2.05) is 6.26 Å². The molecular weight excluding hydrogens is 312 g/mol. The van der Waals surface area contributed by atoms with Crippen LogP contribution in [-0.2, 0) is 14.3 Å². The summed E-state index contributed by atoms with van der Waals surface area (Å²) in [5.74, 6) is 1.48. The lowest BCUT2D eigenvalue weighted by atomic mass is 9.96. The number of rotatable bonds is 9. The number of hydrogen-bond donors (Lipinski definition) is 0. The molecule has 0 unspecified atom stereocenters. The number of carbonyl (C=O) groups excluding carboxylic acids is 1. The van der Waals surface area contributed by atoms with Gasteiger partial charge in [0.25, 0.3) is 0 Å². The smallest absolute Gasteiger partial charge is 0.232 e. The SMILES string of the molecule is COCCN1CCC(CN(C[C@H]2CCCO2)C(=O)CSC)CC1. The van der Waals surface area contributed by atoms with Gasteiger partial charge in [-0.05, 0) is 50.9 Å². The van der Waals surface area contributed by atoms with Gasteiger partial charge < -0.3 is 19.3 Å². The second-order valence-electron chi connectivity index (χ2n) is 6.64. The third kappa shape index (κ3) is 6.61. The second-order valence-corrected chi connectivity index (χ2v) is 7.51. The first-order valence-corrected chi connectivity index (χ1v) is 10.2. The number of methoxy groups -OCH3 is 1. The van der Waals surface area contributed by atoms with Crippen LogP contribution >= 0.6 is 11.8 Å². The molecule has 134 valence electrons. The van der Waals surface area contributed by atoms with E-state index in [4.69, 9.17) is 9.47 Å². The van der Waals surface area contributed by atoms with Crippen molar-refractivity contribution in [3.63, 3.8) is 0 Å². The monoisotopic (exact) mass is 344 g/mol. The molecule has 0 aromatic rings. The van der Waals surface area contributed by atoms with Crippen LogP contribution in [0.2, 0.25) is 0 Å². The molecule has 0 aromatic heterocycles. The maximum Gasteiger partial charge on any atom is 0.232 e. The summed E-state index contributed by atoms with van der Waals surface area (Å²) in [5.41, 5.74) is 0. The highest BCUT2D eigenvalue weighted by Crippen LogP contribution is 2.21. The molecule has 2 fully saturated rings. The highest BCUT2D eigenvalue weighted by molar-refractivity contribution is 7.99. The largest absolute Gasteiger partial charge is 0.383 e. The van der Waals surface area contributed by atoms with E-state index >= 15 is 0 Å². The molecule has 0 saturated carbocycles. The number of piperidine rings is 1. The van der Waals surface area contributed by atoms with Crippen molar-refractivity contribution in [2.75, 3.05) is 65.1 Å². The molecule has 1 amide bonds. The van der Waals surface area contributed by atoms with E-state index in [1.165, 1.54) is 12.8 Å². The number of ether oxygens (including phenoxy) is 2. The van der Waals surface area contributed by atoms with Gasteiger partial charge in [0, 0.05) is 33.4 Å². The Morgan fingerprint density at radius 1 is 1.30 bits per heavy atom. The summed E-state index contributed by atoms with van der Waals surface area (Å²) in [6.07, 6.45) is 6.83. The quantitative estimate of drug-likeness (QED) is 0.637. The van der Waals surface area contributed by atoms with E-state index < -0.39 is 0 Å².